The van der Waals surface area contributed by atoms with Crippen LogP contribution in [0, 0.1) is 0 Å². The maximum absolute atomic E-state index is 12.8. The second-order valence-electron chi connectivity index (χ2n) is 6.87. The van der Waals surface area contributed by atoms with Gasteiger partial charge in [0.05, 0.1) is 19.1 Å². The zero-order valence-electron chi connectivity index (χ0n) is 16.6. The number of amides is 2. The van der Waals surface area contributed by atoms with Crippen LogP contribution >= 0.6 is 0 Å². The number of nitrogens with one attached hydrogen (secondary N) is 1. The number of para-hydroxylation sites is 1. The van der Waals surface area contributed by atoms with E-state index in [1.165, 1.54) is 6.26 Å². The molecule has 2 heterocycles. The summed E-state index contributed by atoms with van der Waals surface area (Å²) in [5, 5.41) is 2.83. The number of ether oxygens (including phenoxy) is 2. The monoisotopic (exact) mass is 406 g/mol. The molecule has 0 unspecified atom stereocenters. The van der Waals surface area contributed by atoms with Crippen LogP contribution in [0.15, 0.2) is 65.3 Å². The van der Waals surface area contributed by atoms with Crippen molar-refractivity contribution < 1.29 is 23.5 Å². The van der Waals surface area contributed by atoms with Crippen molar-refractivity contribution in [2.24, 2.45) is 0 Å². The summed E-state index contributed by atoms with van der Waals surface area (Å²) in [7, 11) is 1.56. The number of nitrogens with zero attached hydrogens (tertiary/aromatic N) is 1. The van der Waals surface area contributed by atoms with Crippen LogP contribution in [-0.2, 0) is 11.4 Å². The van der Waals surface area contributed by atoms with Gasteiger partial charge >= 0.3 is 0 Å². The van der Waals surface area contributed by atoms with Crippen molar-refractivity contribution in [1.29, 1.82) is 0 Å². The first-order valence-electron chi connectivity index (χ1n) is 9.69. The molecule has 1 aromatic heterocycles. The molecule has 1 fully saturated rings. The maximum Gasteiger partial charge on any atom is 0.291 e. The van der Waals surface area contributed by atoms with E-state index >= 15 is 0 Å². The molecule has 2 aromatic carbocycles. The van der Waals surface area contributed by atoms with Gasteiger partial charge in [0.2, 0.25) is 5.91 Å². The van der Waals surface area contributed by atoms with E-state index in [-0.39, 0.29) is 18.3 Å². The van der Waals surface area contributed by atoms with Crippen molar-refractivity contribution in [1.82, 2.24) is 0 Å². The van der Waals surface area contributed by atoms with Gasteiger partial charge in [-0.15, -0.1) is 0 Å². The van der Waals surface area contributed by atoms with Crippen LogP contribution in [0.2, 0.25) is 0 Å². The summed E-state index contributed by atoms with van der Waals surface area (Å²) in [6, 6.07) is 16.3. The third-order valence-electron chi connectivity index (χ3n) is 4.89. The molecule has 7 nitrogen and oxygen atoms in total. The number of rotatable bonds is 7. The Labute approximate surface area is 174 Å². The fraction of sp³-hybridized carbons (Fsp3) is 0.217. The molecule has 0 atom stereocenters. The second kappa shape index (κ2) is 8.73. The largest absolute Gasteiger partial charge is 0.495 e. The fourth-order valence-corrected chi connectivity index (χ4v) is 3.40. The summed E-state index contributed by atoms with van der Waals surface area (Å²) in [6.07, 6.45) is 2.77. The predicted molar refractivity (Wildman–Crippen MR) is 112 cm³/mol. The average molecular weight is 406 g/mol. The van der Waals surface area contributed by atoms with Gasteiger partial charge in [-0.25, -0.2) is 0 Å². The van der Waals surface area contributed by atoms with Gasteiger partial charge < -0.3 is 24.1 Å². The molecular formula is C23H22N2O5. The highest BCUT2D eigenvalue weighted by Crippen LogP contribution is 2.34. The SMILES string of the molecule is COc1ccc(NC(=O)c2occc2COc2ccccc2)cc1N1CCCC1=O. The Kier molecular flexibility index (Phi) is 5.70. The first kappa shape index (κ1) is 19.6. The Morgan fingerprint density at radius 3 is 2.73 bits per heavy atom. The topological polar surface area (TPSA) is 81.0 Å². The molecule has 4 rings (SSSR count). The highest BCUT2D eigenvalue weighted by molar-refractivity contribution is 6.04. The summed E-state index contributed by atoms with van der Waals surface area (Å²) >= 11 is 0. The third-order valence-corrected chi connectivity index (χ3v) is 4.89. The van der Waals surface area contributed by atoms with Gasteiger partial charge in [-0.3, -0.25) is 9.59 Å². The van der Waals surface area contributed by atoms with Crippen molar-refractivity contribution in [2.75, 3.05) is 23.9 Å². The Morgan fingerprint density at radius 2 is 2.00 bits per heavy atom. The average Bonchev–Trinajstić information content (AvgIpc) is 3.41. The van der Waals surface area contributed by atoms with Crippen molar-refractivity contribution in [3.8, 4) is 11.5 Å². The number of carbonyl (C=O) groups excluding carboxylic acids is 2. The van der Waals surface area contributed by atoms with Gasteiger partial charge in [-0.2, -0.15) is 0 Å². The lowest BCUT2D eigenvalue weighted by Crippen LogP contribution is -2.24. The molecule has 3 aromatic rings. The molecule has 0 aliphatic carbocycles. The number of hydrogen-bond donors (Lipinski definition) is 1. The molecule has 7 heteroatoms. The number of hydrogen-bond acceptors (Lipinski definition) is 5. The van der Waals surface area contributed by atoms with E-state index in [9.17, 15) is 9.59 Å². The Morgan fingerprint density at radius 1 is 1.17 bits per heavy atom. The predicted octanol–water partition coefficient (Wildman–Crippen LogP) is 4.25. The van der Waals surface area contributed by atoms with E-state index in [1.54, 1.807) is 36.3 Å². The lowest BCUT2D eigenvalue weighted by atomic mass is 10.2. The quantitative estimate of drug-likeness (QED) is 0.635. The highest BCUT2D eigenvalue weighted by Gasteiger charge is 2.25. The number of methoxy groups -OCH3 is 1. The molecule has 1 N–H and O–H groups in total. The fourth-order valence-electron chi connectivity index (χ4n) is 3.40. The van der Waals surface area contributed by atoms with E-state index in [2.05, 4.69) is 5.32 Å². The zero-order valence-corrected chi connectivity index (χ0v) is 16.6. The maximum atomic E-state index is 12.8. The van der Waals surface area contributed by atoms with Crippen molar-refractivity contribution >= 4 is 23.2 Å². The number of furan rings is 1. The molecule has 30 heavy (non-hydrogen) atoms. The first-order valence-corrected chi connectivity index (χ1v) is 9.69. The van der Waals surface area contributed by atoms with E-state index in [1.807, 2.05) is 30.3 Å². The summed E-state index contributed by atoms with van der Waals surface area (Å²) < 4.78 is 16.5. The first-order chi connectivity index (χ1) is 14.7. The van der Waals surface area contributed by atoms with E-state index in [0.717, 1.165) is 6.42 Å². The molecule has 1 saturated heterocycles. The van der Waals surface area contributed by atoms with Gasteiger partial charge in [-0.05, 0) is 42.8 Å². The summed E-state index contributed by atoms with van der Waals surface area (Å²) in [5.41, 5.74) is 1.83. The smallest absolute Gasteiger partial charge is 0.291 e. The van der Waals surface area contributed by atoms with Gasteiger partial charge in [-0.1, -0.05) is 18.2 Å². The Hall–Kier alpha value is -3.74. The Bertz CT molecular complexity index is 1040. The lowest BCUT2D eigenvalue weighted by Gasteiger charge is -2.20. The van der Waals surface area contributed by atoms with E-state index in [4.69, 9.17) is 13.9 Å². The molecule has 2 amide bonds. The normalized spacial score (nSPS) is 13.4. The Balaban J connectivity index is 1.49. The molecule has 0 spiro atoms. The van der Waals surface area contributed by atoms with Gasteiger partial charge in [0.25, 0.3) is 5.91 Å². The number of carbonyl (C=O) groups is 2. The molecule has 0 saturated carbocycles. The van der Waals surface area contributed by atoms with E-state index in [0.29, 0.717) is 41.4 Å². The van der Waals surface area contributed by atoms with Crippen LogP contribution < -0.4 is 19.7 Å². The van der Waals surface area contributed by atoms with Crippen LogP contribution in [0.4, 0.5) is 11.4 Å². The van der Waals surface area contributed by atoms with Gasteiger partial charge in [0.15, 0.2) is 5.76 Å². The second-order valence-corrected chi connectivity index (χ2v) is 6.87. The van der Waals surface area contributed by atoms with Crippen molar-refractivity contribution in [3.05, 3.63) is 72.2 Å². The molecular weight excluding hydrogens is 384 g/mol. The van der Waals surface area contributed by atoms with Crippen molar-refractivity contribution in [2.45, 2.75) is 19.4 Å². The molecule has 154 valence electrons. The van der Waals surface area contributed by atoms with Gasteiger partial charge in [0, 0.05) is 24.2 Å². The molecule has 1 aliphatic heterocycles. The number of benzene rings is 2. The lowest BCUT2D eigenvalue weighted by molar-refractivity contribution is -0.117. The van der Waals surface area contributed by atoms with Crippen LogP contribution in [0.25, 0.3) is 0 Å². The minimum Gasteiger partial charge on any atom is -0.495 e. The van der Waals surface area contributed by atoms with Crippen LogP contribution in [-0.4, -0.2) is 25.5 Å². The third kappa shape index (κ3) is 4.15. The highest BCUT2D eigenvalue weighted by atomic mass is 16.5. The zero-order chi connectivity index (χ0) is 20.9. The van der Waals surface area contributed by atoms with Crippen LogP contribution in [0.5, 0.6) is 11.5 Å². The summed E-state index contributed by atoms with van der Waals surface area (Å²) in [5.74, 6) is 1.12. The van der Waals surface area contributed by atoms with Crippen LogP contribution in [0.3, 0.4) is 0 Å². The minimum atomic E-state index is -0.393. The standard InChI is InChI=1S/C23H22N2O5/c1-28-20-10-9-17(14-19(20)25-12-5-8-21(25)26)24-23(27)22-16(11-13-29-22)15-30-18-6-3-2-4-7-18/h2-4,6-7,9-11,13-14H,5,8,12,15H2,1H3,(H,24,27). The molecule has 0 radical (unpaired) electrons. The van der Waals surface area contributed by atoms with E-state index < -0.39 is 5.91 Å². The van der Waals surface area contributed by atoms with Crippen LogP contribution in [0.1, 0.15) is 29.0 Å². The minimum absolute atomic E-state index is 0.0446. The van der Waals surface area contributed by atoms with Gasteiger partial charge in [0.1, 0.15) is 18.1 Å². The molecule has 1 aliphatic rings. The van der Waals surface area contributed by atoms with Crippen molar-refractivity contribution in [3.63, 3.8) is 0 Å². The summed E-state index contributed by atoms with van der Waals surface area (Å²) in [4.78, 5) is 26.6. The summed E-state index contributed by atoms with van der Waals surface area (Å²) in [6.45, 7) is 0.838. The molecule has 0 bridgehead atoms. The number of anilines is 2.